The van der Waals surface area contributed by atoms with Crippen molar-refractivity contribution in [1.29, 1.82) is 0 Å². The Hall–Kier alpha value is -3.02. The lowest BCUT2D eigenvalue weighted by Crippen LogP contribution is -2.18. The Morgan fingerprint density at radius 1 is 1.33 bits per heavy atom. The van der Waals surface area contributed by atoms with Crippen molar-refractivity contribution in [3.05, 3.63) is 59.2 Å². The Labute approximate surface area is 119 Å². The first-order valence-corrected chi connectivity index (χ1v) is 6.27. The van der Waals surface area contributed by atoms with Crippen molar-refractivity contribution in [3.8, 4) is 0 Å². The summed E-state index contributed by atoms with van der Waals surface area (Å²) >= 11 is 0. The number of esters is 1. The van der Waals surface area contributed by atoms with Crippen molar-refractivity contribution in [1.82, 2.24) is 15.0 Å². The summed E-state index contributed by atoms with van der Waals surface area (Å²) in [6.45, 7) is 3.49. The molecule has 0 amide bonds. The average Bonchev–Trinajstić information content (AvgIpc) is 2.50. The van der Waals surface area contributed by atoms with Crippen LogP contribution in [0.25, 0.3) is 21.9 Å². The lowest BCUT2D eigenvalue weighted by atomic mass is 10.2. The van der Waals surface area contributed by atoms with Crippen LogP contribution in [0.1, 0.15) is 10.6 Å². The number of fused-ring (bicyclic) bond motifs is 2. The third-order valence-corrected chi connectivity index (χ3v) is 2.92. The van der Waals surface area contributed by atoms with E-state index >= 15 is 0 Å². The second-order valence-corrected chi connectivity index (χ2v) is 4.35. The first-order valence-electron chi connectivity index (χ1n) is 6.27. The summed E-state index contributed by atoms with van der Waals surface area (Å²) in [6, 6.07) is 9.06. The molecule has 0 saturated heterocycles. The molecular formula is C15H11N3O3. The van der Waals surface area contributed by atoms with Crippen molar-refractivity contribution in [2.75, 3.05) is 6.61 Å². The maximum absolute atomic E-state index is 12.1. The Morgan fingerprint density at radius 3 is 2.95 bits per heavy atom. The molecule has 2 aromatic heterocycles. The number of nitrogens with one attached hydrogen (secondary N) is 1. The Kier molecular flexibility index (Phi) is 3.19. The number of hydrogen-bond donors (Lipinski definition) is 1. The zero-order chi connectivity index (χ0) is 14.8. The largest absolute Gasteiger partial charge is 0.456 e. The Morgan fingerprint density at radius 2 is 2.14 bits per heavy atom. The molecule has 0 atom stereocenters. The monoisotopic (exact) mass is 281 g/mol. The quantitative estimate of drug-likeness (QED) is 0.449. The van der Waals surface area contributed by atoms with E-state index in [1.165, 1.54) is 6.08 Å². The van der Waals surface area contributed by atoms with Gasteiger partial charge in [0.1, 0.15) is 6.61 Å². The van der Waals surface area contributed by atoms with Crippen LogP contribution in [0, 0.1) is 0 Å². The standard InChI is InChI=1S/C15H11N3O3/c1-2-7-21-15(20)13-17-12-10(14(19)18-13)8-9-5-3-4-6-11(9)16-12/h2-6,8H,1,7H2,(H,16,17,18,19). The molecule has 0 unspecified atom stereocenters. The molecule has 2 heterocycles. The van der Waals surface area contributed by atoms with E-state index < -0.39 is 11.5 Å². The zero-order valence-electron chi connectivity index (χ0n) is 11.0. The first-order chi connectivity index (χ1) is 10.2. The summed E-state index contributed by atoms with van der Waals surface area (Å²) in [5, 5.41) is 1.16. The molecule has 3 aromatic rings. The van der Waals surface area contributed by atoms with Gasteiger partial charge in [0, 0.05) is 5.39 Å². The summed E-state index contributed by atoms with van der Waals surface area (Å²) < 4.78 is 4.85. The third kappa shape index (κ3) is 2.38. The van der Waals surface area contributed by atoms with Crippen molar-refractivity contribution in [3.63, 3.8) is 0 Å². The fourth-order valence-electron chi connectivity index (χ4n) is 1.97. The van der Waals surface area contributed by atoms with E-state index in [-0.39, 0.29) is 18.1 Å². The molecular weight excluding hydrogens is 270 g/mol. The number of hydrogen-bond acceptors (Lipinski definition) is 5. The van der Waals surface area contributed by atoms with E-state index in [0.29, 0.717) is 10.9 Å². The van der Waals surface area contributed by atoms with Gasteiger partial charge in [-0.25, -0.2) is 14.8 Å². The van der Waals surface area contributed by atoms with Crippen LogP contribution in [0.5, 0.6) is 0 Å². The second kappa shape index (κ2) is 5.16. The maximum atomic E-state index is 12.1. The lowest BCUT2D eigenvalue weighted by molar-refractivity contribution is 0.0535. The van der Waals surface area contributed by atoms with Crippen LogP contribution in [0.3, 0.4) is 0 Å². The van der Waals surface area contributed by atoms with Crippen LogP contribution in [0.2, 0.25) is 0 Å². The molecule has 104 valence electrons. The van der Waals surface area contributed by atoms with Gasteiger partial charge in [0.2, 0.25) is 5.82 Å². The maximum Gasteiger partial charge on any atom is 0.374 e. The zero-order valence-corrected chi connectivity index (χ0v) is 11.0. The number of pyridine rings is 1. The number of nitrogens with zero attached hydrogens (tertiary/aromatic N) is 2. The Balaban J connectivity index is 2.18. The lowest BCUT2D eigenvalue weighted by Gasteiger charge is -2.03. The molecule has 1 aromatic carbocycles. The van der Waals surface area contributed by atoms with Gasteiger partial charge in [0.15, 0.2) is 5.65 Å². The highest BCUT2D eigenvalue weighted by molar-refractivity contribution is 5.92. The highest BCUT2D eigenvalue weighted by Crippen LogP contribution is 2.15. The van der Waals surface area contributed by atoms with Gasteiger partial charge in [-0.1, -0.05) is 30.9 Å². The van der Waals surface area contributed by atoms with E-state index in [1.807, 2.05) is 24.3 Å². The van der Waals surface area contributed by atoms with Gasteiger partial charge in [-0.3, -0.25) is 4.79 Å². The number of aromatic nitrogens is 3. The smallest absolute Gasteiger partial charge is 0.374 e. The molecule has 0 aliphatic carbocycles. The molecule has 0 aliphatic heterocycles. The fourth-order valence-corrected chi connectivity index (χ4v) is 1.97. The van der Waals surface area contributed by atoms with Gasteiger partial charge >= 0.3 is 5.97 Å². The first kappa shape index (κ1) is 13.0. The molecule has 0 fully saturated rings. The van der Waals surface area contributed by atoms with E-state index in [9.17, 15) is 9.59 Å². The number of H-pyrrole nitrogens is 1. The Bertz CT molecular complexity index is 915. The molecule has 6 nitrogen and oxygen atoms in total. The van der Waals surface area contributed by atoms with E-state index in [2.05, 4.69) is 21.5 Å². The van der Waals surface area contributed by atoms with Crippen molar-refractivity contribution in [2.24, 2.45) is 0 Å². The topological polar surface area (TPSA) is 84.9 Å². The highest BCUT2D eigenvalue weighted by atomic mass is 16.5. The van der Waals surface area contributed by atoms with Crippen LogP contribution in [0.4, 0.5) is 0 Å². The van der Waals surface area contributed by atoms with Crippen molar-refractivity contribution >= 4 is 27.9 Å². The number of para-hydroxylation sites is 1. The fraction of sp³-hybridized carbons (Fsp3) is 0.0667. The minimum absolute atomic E-state index is 0.0474. The van der Waals surface area contributed by atoms with Gasteiger partial charge < -0.3 is 9.72 Å². The number of benzene rings is 1. The summed E-state index contributed by atoms with van der Waals surface area (Å²) in [4.78, 5) is 34.6. The van der Waals surface area contributed by atoms with E-state index in [4.69, 9.17) is 4.74 Å². The van der Waals surface area contributed by atoms with E-state index in [1.54, 1.807) is 6.07 Å². The normalized spacial score (nSPS) is 10.7. The van der Waals surface area contributed by atoms with Crippen LogP contribution < -0.4 is 5.56 Å². The van der Waals surface area contributed by atoms with Crippen LogP contribution in [-0.4, -0.2) is 27.5 Å². The van der Waals surface area contributed by atoms with Crippen LogP contribution in [0.15, 0.2) is 47.8 Å². The predicted octanol–water partition coefficient (Wildman–Crippen LogP) is 1.81. The number of rotatable bonds is 3. The molecule has 21 heavy (non-hydrogen) atoms. The number of carbonyl (C=O) groups excluding carboxylic acids is 1. The number of carbonyl (C=O) groups is 1. The average molecular weight is 281 g/mol. The van der Waals surface area contributed by atoms with E-state index in [0.717, 1.165) is 5.39 Å². The van der Waals surface area contributed by atoms with Gasteiger partial charge in [0.25, 0.3) is 5.56 Å². The van der Waals surface area contributed by atoms with Crippen LogP contribution >= 0.6 is 0 Å². The molecule has 0 saturated carbocycles. The molecule has 0 radical (unpaired) electrons. The summed E-state index contributed by atoms with van der Waals surface area (Å²) in [7, 11) is 0. The second-order valence-electron chi connectivity index (χ2n) is 4.35. The van der Waals surface area contributed by atoms with Crippen molar-refractivity contribution < 1.29 is 9.53 Å². The van der Waals surface area contributed by atoms with Gasteiger partial charge in [-0.2, -0.15) is 0 Å². The van der Waals surface area contributed by atoms with Gasteiger partial charge in [-0.05, 0) is 12.1 Å². The van der Waals surface area contributed by atoms with Crippen molar-refractivity contribution in [2.45, 2.75) is 0 Å². The highest BCUT2D eigenvalue weighted by Gasteiger charge is 2.13. The molecule has 0 aliphatic rings. The molecule has 3 rings (SSSR count). The summed E-state index contributed by atoms with van der Waals surface area (Å²) in [5.41, 5.74) is 0.486. The molecule has 6 heteroatoms. The predicted molar refractivity (Wildman–Crippen MR) is 78.1 cm³/mol. The van der Waals surface area contributed by atoms with Gasteiger partial charge in [0.05, 0.1) is 10.9 Å². The van der Waals surface area contributed by atoms with Gasteiger partial charge in [-0.15, -0.1) is 0 Å². The summed E-state index contributed by atoms with van der Waals surface area (Å²) in [5.74, 6) is -0.888. The molecule has 0 bridgehead atoms. The third-order valence-electron chi connectivity index (χ3n) is 2.92. The van der Waals surface area contributed by atoms with Crippen LogP contribution in [-0.2, 0) is 4.74 Å². The number of ether oxygens (including phenoxy) is 1. The SMILES string of the molecule is C=CCOC(=O)c1nc2nc3ccccc3cc2c(=O)[nH]1. The minimum atomic E-state index is -0.719. The minimum Gasteiger partial charge on any atom is -0.456 e. The summed E-state index contributed by atoms with van der Waals surface area (Å²) in [6.07, 6.45) is 1.43. The molecule has 1 N–H and O–H groups in total. The molecule has 0 spiro atoms. The number of aromatic amines is 1.